The molecule has 0 radical (unpaired) electrons. The van der Waals surface area contributed by atoms with Crippen molar-refractivity contribution in [3.05, 3.63) is 24.3 Å². The summed E-state index contributed by atoms with van der Waals surface area (Å²) in [7, 11) is 1.83. The van der Waals surface area contributed by atoms with Crippen molar-refractivity contribution < 1.29 is 4.74 Å². The van der Waals surface area contributed by atoms with Crippen LogP contribution in [0, 0.1) is 0 Å². The standard InChI is InChI=1S/C10H16N2O/c1-3-8-13-10-6-4-9(5-7-10)12-11-2/h4-7,11-12H,3,8H2,1-2H3. The lowest BCUT2D eigenvalue weighted by molar-refractivity contribution is 0.317. The number of benzene rings is 1. The molecule has 0 unspecified atom stereocenters. The first-order valence-corrected chi connectivity index (χ1v) is 4.52. The second kappa shape index (κ2) is 5.43. The third-order valence-corrected chi connectivity index (χ3v) is 1.60. The predicted molar refractivity (Wildman–Crippen MR) is 54.9 cm³/mol. The minimum absolute atomic E-state index is 0.777. The topological polar surface area (TPSA) is 33.3 Å². The maximum absolute atomic E-state index is 5.44. The SMILES string of the molecule is CCCOc1ccc(NNC)cc1. The average Bonchev–Trinajstić information content (AvgIpc) is 2.17. The summed E-state index contributed by atoms with van der Waals surface area (Å²) >= 11 is 0. The first-order valence-electron chi connectivity index (χ1n) is 4.52. The van der Waals surface area contributed by atoms with Crippen LogP contribution in [0.4, 0.5) is 5.69 Å². The van der Waals surface area contributed by atoms with E-state index in [1.165, 1.54) is 0 Å². The van der Waals surface area contributed by atoms with E-state index < -0.39 is 0 Å². The van der Waals surface area contributed by atoms with Gasteiger partial charge in [-0.2, -0.15) is 0 Å². The van der Waals surface area contributed by atoms with E-state index in [2.05, 4.69) is 17.8 Å². The van der Waals surface area contributed by atoms with Crippen molar-refractivity contribution in [2.45, 2.75) is 13.3 Å². The number of hydrogen-bond acceptors (Lipinski definition) is 3. The van der Waals surface area contributed by atoms with E-state index in [-0.39, 0.29) is 0 Å². The lowest BCUT2D eigenvalue weighted by atomic mass is 10.3. The molecule has 0 aliphatic rings. The molecular weight excluding hydrogens is 164 g/mol. The van der Waals surface area contributed by atoms with Gasteiger partial charge in [-0.05, 0) is 30.7 Å². The first-order chi connectivity index (χ1) is 6.36. The Morgan fingerprint density at radius 3 is 2.46 bits per heavy atom. The highest BCUT2D eigenvalue weighted by atomic mass is 16.5. The number of nitrogens with one attached hydrogen (secondary N) is 2. The number of rotatable bonds is 5. The van der Waals surface area contributed by atoms with Crippen molar-refractivity contribution in [1.29, 1.82) is 0 Å². The highest BCUT2D eigenvalue weighted by Crippen LogP contribution is 2.14. The molecule has 72 valence electrons. The highest BCUT2D eigenvalue weighted by Gasteiger charge is 1.92. The van der Waals surface area contributed by atoms with Gasteiger partial charge in [-0.15, -0.1) is 0 Å². The lowest BCUT2D eigenvalue weighted by Crippen LogP contribution is -2.14. The van der Waals surface area contributed by atoms with Gasteiger partial charge < -0.3 is 10.2 Å². The van der Waals surface area contributed by atoms with E-state index in [0.717, 1.165) is 24.5 Å². The zero-order valence-corrected chi connectivity index (χ0v) is 8.13. The minimum Gasteiger partial charge on any atom is -0.494 e. The molecule has 1 aromatic rings. The first kappa shape index (κ1) is 9.86. The molecule has 0 heterocycles. The van der Waals surface area contributed by atoms with Crippen molar-refractivity contribution in [2.24, 2.45) is 0 Å². The highest BCUT2D eigenvalue weighted by molar-refractivity contribution is 5.45. The number of ether oxygens (including phenoxy) is 1. The average molecular weight is 180 g/mol. The molecular formula is C10H16N2O. The number of hydrogen-bond donors (Lipinski definition) is 2. The van der Waals surface area contributed by atoms with Gasteiger partial charge in [0, 0.05) is 12.7 Å². The van der Waals surface area contributed by atoms with E-state index >= 15 is 0 Å². The van der Waals surface area contributed by atoms with Crippen LogP contribution in [0.2, 0.25) is 0 Å². The van der Waals surface area contributed by atoms with Crippen molar-refractivity contribution in [2.75, 3.05) is 19.1 Å². The molecule has 2 N–H and O–H groups in total. The third kappa shape index (κ3) is 3.34. The largest absolute Gasteiger partial charge is 0.494 e. The molecule has 1 rings (SSSR count). The zero-order valence-electron chi connectivity index (χ0n) is 8.13. The zero-order chi connectivity index (χ0) is 9.52. The van der Waals surface area contributed by atoms with E-state index in [1.54, 1.807) is 0 Å². The Bertz CT molecular complexity index is 233. The fourth-order valence-corrected chi connectivity index (χ4v) is 0.999. The molecule has 0 aliphatic carbocycles. The van der Waals surface area contributed by atoms with Crippen LogP contribution in [0.5, 0.6) is 5.75 Å². The molecule has 13 heavy (non-hydrogen) atoms. The molecule has 1 aromatic carbocycles. The third-order valence-electron chi connectivity index (χ3n) is 1.60. The molecule has 0 atom stereocenters. The van der Waals surface area contributed by atoms with E-state index in [9.17, 15) is 0 Å². The van der Waals surface area contributed by atoms with Crippen LogP contribution in [0.3, 0.4) is 0 Å². The Morgan fingerprint density at radius 2 is 1.92 bits per heavy atom. The fourth-order valence-electron chi connectivity index (χ4n) is 0.999. The Morgan fingerprint density at radius 1 is 1.23 bits per heavy atom. The van der Waals surface area contributed by atoms with Crippen molar-refractivity contribution >= 4 is 5.69 Å². The smallest absolute Gasteiger partial charge is 0.119 e. The molecule has 3 heteroatoms. The van der Waals surface area contributed by atoms with Gasteiger partial charge >= 0.3 is 0 Å². The van der Waals surface area contributed by atoms with Gasteiger partial charge in [0.15, 0.2) is 0 Å². The predicted octanol–water partition coefficient (Wildman–Crippen LogP) is 2.02. The fraction of sp³-hybridized carbons (Fsp3) is 0.400. The Hall–Kier alpha value is -1.22. The van der Waals surface area contributed by atoms with Crippen molar-refractivity contribution in [3.8, 4) is 5.75 Å². The van der Waals surface area contributed by atoms with E-state index in [0.29, 0.717) is 0 Å². The molecule has 0 aliphatic heterocycles. The molecule has 0 bridgehead atoms. The Kier molecular flexibility index (Phi) is 4.12. The van der Waals surface area contributed by atoms with Crippen LogP contribution in [-0.4, -0.2) is 13.7 Å². The molecule has 0 amide bonds. The van der Waals surface area contributed by atoms with Gasteiger partial charge in [-0.1, -0.05) is 6.92 Å². The van der Waals surface area contributed by atoms with Crippen LogP contribution in [-0.2, 0) is 0 Å². The molecule has 0 aromatic heterocycles. The van der Waals surface area contributed by atoms with Gasteiger partial charge in [0.05, 0.1) is 6.61 Å². The summed E-state index contributed by atoms with van der Waals surface area (Å²) in [6.45, 7) is 2.87. The second-order valence-corrected chi connectivity index (χ2v) is 2.75. The molecule has 0 fully saturated rings. The van der Waals surface area contributed by atoms with E-state index in [1.807, 2.05) is 31.3 Å². The van der Waals surface area contributed by atoms with Gasteiger partial charge in [0.25, 0.3) is 0 Å². The van der Waals surface area contributed by atoms with Crippen LogP contribution >= 0.6 is 0 Å². The van der Waals surface area contributed by atoms with Crippen molar-refractivity contribution in [1.82, 2.24) is 5.43 Å². The van der Waals surface area contributed by atoms with E-state index in [4.69, 9.17) is 4.74 Å². The maximum atomic E-state index is 5.44. The summed E-state index contributed by atoms with van der Waals surface area (Å²) in [4.78, 5) is 0. The monoisotopic (exact) mass is 180 g/mol. The van der Waals surface area contributed by atoms with Crippen LogP contribution in [0.15, 0.2) is 24.3 Å². The summed E-state index contributed by atoms with van der Waals surface area (Å²) < 4.78 is 5.44. The van der Waals surface area contributed by atoms with Gasteiger partial charge in [0.2, 0.25) is 0 Å². The van der Waals surface area contributed by atoms with Crippen molar-refractivity contribution in [3.63, 3.8) is 0 Å². The maximum Gasteiger partial charge on any atom is 0.119 e. The molecule has 0 spiro atoms. The van der Waals surface area contributed by atoms with Gasteiger partial charge in [0.1, 0.15) is 5.75 Å². The summed E-state index contributed by atoms with van der Waals surface area (Å²) in [6, 6.07) is 7.85. The van der Waals surface area contributed by atoms with Crippen LogP contribution in [0.25, 0.3) is 0 Å². The summed E-state index contributed by atoms with van der Waals surface area (Å²) in [5, 5.41) is 0. The number of hydrazine groups is 1. The summed E-state index contributed by atoms with van der Waals surface area (Å²) in [5.74, 6) is 0.920. The minimum atomic E-state index is 0.777. The molecule has 0 saturated carbocycles. The quantitative estimate of drug-likeness (QED) is 0.680. The second-order valence-electron chi connectivity index (χ2n) is 2.75. The molecule has 3 nitrogen and oxygen atoms in total. The van der Waals surface area contributed by atoms with Crippen LogP contribution in [0.1, 0.15) is 13.3 Å². The Balaban J connectivity index is 2.48. The normalized spacial score (nSPS) is 9.69. The summed E-state index contributed by atoms with van der Waals surface area (Å²) in [6.07, 6.45) is 1.04. The van der Waals surface area contributed by atoms with Crippen LogP contribution < -0.4 is 15.6 Å². The van der Waals surface area contributed by atoms with Gasteiger partial charge in [-0.3, -0.25) is 0 Å². The van der Waals surface area contributed by atoms with Gasteiger partial charge in [-0.25, -0.2) is 5.43 Å². The Labute approximate surface area is 79.1 Å². The number of anilines is 1. The lowest BCUT2D eigenvalue weighted by Gasteiger charge is -2.06. The summed E-state index contributed by atoms with van der Waals surface area (Å²) in [5.41, 5.74) is 6.87. The molecule has 0 saturated heterocycles.